The second-order valence-electron chi connectivity index (χ2n) is 6.04. The minimum Gasteiger partial charge on any atom is -0.368 e. The molecule has 0 radical (unpaired) electrons. The molecule has 1 atom stereocenters. The maximum absolute atomic E-state index is 13.3. The zero-order valence-corrected chi connectivity index (χ0v) is 17.4. The van der Waals surface area contributed by atoms with Crippen molar-refractivity contribution in [3.8, 4) is 0 Å². The molecule has 0 spiro atoms. The summed E-state index contributed by atoms with van der Waals surface area (Å²) in [5.41, 5.74) is 1.83. The molecule has 3 rings (SSSR count). The Labute approximate surface area is 169 Å². The molecule has 0 amide bonds. The van der Waals surface area contributed by atoms with Crippen molar-refractivity contribution in [2.45, 2.75) is 40.7 Å². The Morgan fingerprint density at radius 3 is 2.38 bits per heavy atom. The molecule has 1 N–H and O–H groups in total. The van der Waals surface area contributed by atoms with Crippen LogP contribution in [0.1, 0.15) is 44.9 Å². The lowest BCUT2D eigenvalue weighted by Gasteiger charge is -2.06. The SMILES string of the molecule is C=C/C(C)=C(OO)\C(F)=C/C.CC.Cc1c(F)c(F)cc2cc(C3CO3)ccc12. The maximum Gasteiger partial charge on any atom is 0.203 e. The maximum atomic E-state index is 13.3. The number of fused-ring (bicyclic) bond motifs is 1. The average molecular weight is 408 g/mol. The quantitative estimate of drug-likeness (QED) is 0.189. The predicted molar refractivity (Wildman–Crippen MR) is 110 cm³/mol. The second kappa shape index (κ2) is 11.4. The molecular formula is C23H27F3O3. The van der Waals surface area contributed by atoms with E-state index >= 15 is 0 Å². The van der Waals surface area contributed by atoms with E-state index in [1.54, 1.807) is 13.8 Å². The first kappa shape index (κ1) is 24.5. The highest BCUT2D eigenvalue weighted by Crippen LogP contribution is 2.33. The van der Waals surface area contributed by atoms with Crippen LogP contribution in [-0.2, 0) is 9.62 Å². The zero-order valence-electron chi connectivity index (χ0n) is 17.4. The van der Waals surface area contributed by atoms with E-state index in [0.29, 0.717) is 17.7 Å². The van der Waals surface area contributed by atoms with Crippen molar-refractivity contribution in [3.63, 3.8) is 0 Å². The fourth-order valence-electron chi connectivity index (χ4n) is 2.51. The van der Waals surface area contributed by atoms with Gasteiger partial charge in [0.05, 0.1) is 6.61 Å². The Morgan fingerprint density at radius 2 is 1.90 bits per heavy atom. The molecule has 1 heterocycles. The van der Waals surface area contributed by atoms with Crippen LogP contribution in [0.4, 0.5) is 13.2 Å². The van der Waals surface area contributed by atoms with Crippen LogP contribution in [0.2, 0.25) is 0 Å². The summed E-state index contributed by atoms with van der Waals surface area (Å²) in [5.74, 6) is -2.35. The van der Waals surface area contributed by atoms with Crippen LogP contribution in [0.15, 0.2) is 60.2 Å². The minimum atomic E-state index is -0.793. The molecule has 1 fully saturated rings. The lowest BCUT2D eigenvalue weighted by atomic mass is 10.0. The lowest BCUT2D eigenvalue weighted by molar-refractivity contribution is -0.202. The van der Waals surface area contributed by atoms with Crippen molar-refractivity contribution < 1.29 is 28.1 Å². The van der Waals surface area contributed by atoms with Gasteiger partial charge < -0.3 is 9.62 Å². The lowest BCUT2D eigenvalue weighted by Crippen LogP contribution is -1.92. The van der Waals surface area contributed by atoms with Gasteiger partial charge in [0.15, 0.2) is 17.5 Å². The molecule has 3 nitrogen and oxygen atoms in total. The highest BCUT2D eigenvalue weighted by Gasteiger charge is 2.25. The Bertz CT molecular complexity index is 913. The highest BCUT2D eigenvalue weighted by molar-refractivity contribution is 5.86. The molecule has 0 bridgehead atoms. The van der Waals surface area contributed by atoms with Gasteiger partial charge in [0.1, 0.15) is 6.10 Å². The summed E-state index contributed by atoms with van der Waals surface area (Å²) in [6.07, 6.45) is 2.73. The number of aryl methyl sites for hydroxylation is 1. The van der Waals surface area contributed by atoms with Crippen molar-refractivity contribution in [1.82, 2.24) is 0 Å². The Hall–Kier alpha value is -2.57. The normalized spacial score (nSPS) is 16.0. The van der Waals surface area contributed by atoms with Gasteiger partial charge in [-0.25, -0.2) is 18.4 Å². The van der Waals surface area contributed by atoms with Crippen molar-refractivity contribution in [2.24, 2.45) is 0 Å². The molecule has 1 aliphatic rings. The topological polar surface area (TPSA) is 42.0 Å². The molecule has 1 unspecified atom stereocenters. The second-order valence-corrected chi connectivity index (χ2v) is 6.04. The molecule has 2 aromatic carbocycles. The smallest absolute Gasteiger partial charge is 0.203 e. The first-order valence-electron chi connectivity index (χ1n) is 9.30. The molecule has 1 saturated heterocycles. The van der Waals surface area contributed by atoms with Crippen molar-refractivity contribution in [1.29, 1.82) is 0 Å². The Morgan fingerprint density at radius 1 is 1.28 bits per heavy atom. The number of rotatable bonds is 4. The summed E-state index contributed by atoms with van der Waals surface area (Å²) >= 11 is 0. The molecule has 0 aliphatic carbocycles. The summed E-state index contributed by atoms with van der Waals surface area (Å²) in [5, 5.41) is 9.72. The van der Waals surface area contributed by atoms with E-state index in [9.17, 15) is 13.2 Å². The number of ether oxygens (including phenoxy) is 1. The van der Waals surface area contributed by atoms with Gasteiger partial charge in [-0.15, -0.1) is 0 Å². The molecule has 6 heteroatoms. The van der Waals surface area contributed by atoms with E-state index in [4.69, 9.17) is 9.99 Å². The van der Waals surface area contributed by atoms with E-state index in [-0.39, 0.29) is 11.9 Å². The van der Waals surface area contributed by atoms with E-state index in [0.717, 1.165) is 16.3 Å². The van der Waals surface area contributed by atoms with Crippen LogP contribution in [0.3, 0.4) is 0 Å². The van der Waals surface area contributed by atoms with E-state index < -0.39 is 17.5 Å². The summed E-state index contributed by atoms with van der Waals surface area (Å²) in [4.78, 5) is 3.82. The number of hydrogen-bond donors (Lipinski definition) is 1. The van der Waals surface area contributed by atoms with Crippen LogP contribution in [-0.4, -0.2) is 11.9 Å². The Kier molecular flexibility index (Phi) is 9.65. The first-order chi connectivity index (χ1) is 13.8. The molecule has 158 valence electrons. The fraction of sp³-hybridized carbons (Fsp3) is 0.304. The van der Waals surface area contributed by atoms with Gasteiger partial charge >= 0.3 is 0 Å². The van der Waals surface area contributed by atoms with Gasteiger partial charge in [0.25, 0.3) is 0 Å². The summed E-state index contributed by atoms with van der Waals surface area (Å²) in [6, 6.07) is 6.83. The van der Waals surface area contributed by atoms with Crippen LogP contribution in [0, 0.1) is 18.6 Å². The summed E-state index contributed by atoms with van der Waals surface area (Å²) < 4.78 is 44.4. The number of benzene rings is 2. The minimum absolute atomic E-state index is 0.137. The predicted octanol–water partition coefficient (Wildman–Crippen LogP) is 7.33. The average Bonchev–Trinajstić information content (AvgIpc) is 3.59. The van der Waals surface area contributed by atoms with Crippen LogP contribution in [0.5, 0.6) is 0 Å². The summed E-state index contributed by atoms with van der Waals surface area (Å²) in [7, 11) is 0. The van der Waals surface area contributed by atoms with E-state index in [2.05, 4.69) is 11.5 Å². The third-order valence-electron chi connectivity index (χ3n) is 4.23. The third kappa shape index (κ3) is 6.21. The van der Waals surface area contributed by atoms with Gasteiger partial charge in [-0.05, 0) is 66.5 Å². The molecular weight excluding hydrogens is 381 g/mol. The number of halogens is 3. The van der Waals surface area contributed by atoms with Crippen LogP contribution < -0.4 is 0 Å². The number of allylic oxidation sites excluding steroid dienone is 4. The summed E-state index contributed by atoms with van der Waals surface area (Å²) in [6.45, 7) is 12.8. The standard InChI is InChI=1S/C13H10F2O.C8H11FO2.C2H6/c1-7-10-3-2-8(12-6-16-12)4-9(10)5-11(14)13(7)15;1-4-6(3)8(11-10)7(9)5-2;1-2/h2-5,12H,6H2,1H3;4-5,10H,1H2,2-3H3;1-2H3/b;7-5+,8-6+;. The van der Waals surface area contributed by atoms with Gasteiger partial charge in [-0.3, -0.25) is 0 Å². The van der Waals surface area contributed by atoms with Gasteiger partial charge in [0, 0.05) is 0 Å². The zero-order chi connectivity index (χ0) is 22.1. The van der Waals surface area contributed by atoms with Crippen molar-refractivity contribution in [3.05, 3.63) is 82.9 Å². The van der Waals surface area contributed by atoms with Gasteiger partial charge in [-0.1, -0.05) is 38.6 Å². The van der Waals surface area contributed by atoms with Crippen molar-refractivity contribution >= 4 is 10.8 Å². The molecule has 1 aliphatic heterocycles. The van der Waals surface area contributed by atoms with Gasteiger partial charge in [0.2, 0.25) is 5.76 Å². The van der Waals surface area contributed by atoms with Crippen LogP contribution in [0.25, 0.3) is 10.8 Å². The number of epoxide rings is 1. The largest absolute Gasteiger partial charge is 0.368 e. The molecule has 29 heavy (non-hydrogen) atoms. The van der Waals surface area contributed by atoms with Crippen molar-refractivity contribution in [2.75, 3.05) is 6.61 Å². The van der Waals surface area contributed by atoms with Gasteiger partial charge in [-0.2, -0.15) is 0 Å². The third-order valence-corrected chi connectivity index (χ3v) is 4.23. The van der Waals surface area contributed by atoms with Crippen LogP contribution >= 0.6 is 0 Å². The van der Waals surface area contributed by atoms with E-state index in [1.165, 1.54) is 25.1 Å². The molecule has 0 aromatic heterocycles. The fourth-order valence-corrected chi connectivity index (χ4v) is 2.51. The molecule has 0 saturated carbocycles. The first-order valence-corrected chi connectivity index (χ1v) is 9.30. The monoisotopic (exact) mass is 408 g/mol. The van der Waals surface area contributed by atoms with E-state index in [1.807, 2.05) is 32.0 Å². The highest BCUT2D eigenvalue weighted by atomic mass is 19.2. The Balaban J connectivity index is 0.000000287. The number of hydrogen-bond acceptors (Lipinski definition) is 3. The molecule has 2 aromatic rings.